The second-order valence-electron chi connectivity index (χ2n) is 3.32. The fourth-order valence-corrected chi connectivity index (χ4v) is 1.57. The summed E-state index contributed by atoms with van der Waals surface area (Å²) in [6.07, 6.45) is 4.06. The minimum absolute atomic E-state index is 0.845. The van der Waals surface area contributed by atoms with Crippen LogP contribution in [0, 0.1) is 0 Å². The van der Waals surface area contributed by atoms with E-state index in [9.17, 15) is 0 Å². The molecular formula is C12H14N2. The van der Waals surface area contributed by atoms with Crippen molar-refractivity contribution in [2.24, 2.45) is 0 Å². The maximum atomic E-state index is 5.93. The van der Waals surface area contributed by atoms with Crippen LogP contribution in [0.1, 0.15) is 6.92 Å². The first-order valence-electron chi connectivity index (χ1n) is 4.82. The van der Waals surface area contributed by atoms with Gasteiger partial charge in [-0.3, -0.25) is 0 Å². The van der Waals surface area contributed by atoms with E-state index in [1.807, 2.05) is 24.4 Å². The van der Waals surface area contributed by atoms with Gasteiger partial charge in [0.05, 0.1) is 5.69 Å². The molecule has 0 bridgehead atoms. The molecule has 2 N–H and O–H groups in total. The number of aryl methyl sites for hydroxylation is 1. The van der Waals surface area contributed by atoms with E-state index in [1.165, 1.54) is 5.56 Å². The van der Waals surface area contributed by atoms with Crippen LogP contribution in [0.2, 0.25) is 0 Å². The fourth-order valence-electron chi connectivity index (χ4n) is 1.57. The molecule has 0 atom stereocenters. The fraction of sp³-hybridized carbons (Fsp3) is 0.167. The van der Waals surface area contributed by atoms with Crippen LogP contribution in [0.5, 0.6) is 0 Å². The Morgan fingerprint density at radius 2 is 1.86 bits per heavy atom. The summed E-state index contributed by atoms with van der Waals surface area (Å²) < 4.78 is 2.09. The lowest BCUT2D eigenvalue weighted by Crippen LogP contribution is -1.87. The summed E-state index contributed by atoms with van der Waals surface area (Å²) in [5.41, 5.74) is 9.07. The normalized spacial score (nSPS) is 10.4. The first-order valence-corrected chi connectivity index (χ1v) is 4.82. The Morgan fingerprint density at radius 3 is 2.43 bits per heavy atom. The molecule has 0 aliphatic rings. The molecule has 0 radical (unpaired) electrons. The molecule has 1 aromatic heterocycles. The number of aromatic nitrogens is 1. The molecular weight excluding hydrogens is 172 g/mol. The number of rotatable bonds is 2. The van der Waals surface area contributed by atoms with Crippen LogP contribution in [0.3, 0.4) is 0 Å². The monoisotopic (exact) mass is 186 g/mol. The van der Waals surface area contributed by atoms with E-state index in [-0.39, 0.29) is 0 Å². The summed E-state index contributed by atoms with van der Waals surface area (Å²) in [6.45, 7) is 3.06. The summed E-state index contributed by atoms with van der Waals surface area (Å²) in [7, 11) is 0. The lowest BCUT2D eigenvalue weighted by atomic mass is 10.1. The molecule has 14 heavy (non-hydrogen) atoms. The van der Waals surface area contributed by atoms with Gasteiger partial charge >= 0.3 is 0 Å². The van der Waals surface area contributed by atoms with E-state index < -0.39 is 0 Å². The van der Waals surface area contributed by atoms with Crippen molar-refractivity contribution in [3.8, 4) is 11.1 Å². The first-order chi connectivity index (χ1) is 6.81. The van der Waals surface area contributed by atoms with Gasteiger partial charge in [-0.15, -0.1) is 0 Å². The van der Waals surface area contributed by atoms with Crippen LogP contribution in [0.15, 0.2) is 42.7 Å². The van der Waals surface area contributed by atoms with Gasteiger partial charge in [-0.1, -0.05) is 30.3 Å². The maximum absolute atomic E-state index is 5.93. The third-order valence-corrected chi connectivity index (χ3v) is 2.36. The Labute approximate surface area is 84.0 Å². The molecule has 2 nitrogen and oxygen atoms in total. The molecule has 0 saturated carbocycles. The average Bonchev–Trinajstić information content (AvgIpc) is 2.61. The van der Waals surface area contributed by atoms with Gasteiger partial charge in [0.25, 0.3) is 0 Å². The summed E-state index contributed by atoms with van der Waals surface area (Å²) in [5.74, 6) is 0. The number of nitrogens with zero attached hydrogens (tertiary/aromatic N) is 1. The van der Waals surface area contributed by atoms with Gasteiger partial charge in [-0.05, 0) is 12.5 Å². The largest absolute Gasteiger partial charge is 0.397 e. The molecule has 1 aromatic carbocycles. The number of hydrogen-bond acceptors (Lipinski definition) is 1. The number of benzene rings is 1. The van der Waals surface area contributed by atoms with Crippen LogP contribution in [0.4, 0.5) is 5.69 Å². The number of nitrogen functional groups attached to an aromatic ring is 1. The first kappa shape index (κ1) is 8.88. The highest BCUT2D eigenvalue weighted by Gasteiger charge is 2.04. The van der Waals surface area contributed by atoms with Gasteiger partial charge in [0.15, 0.2) is 0 Å². The highest BCUT2D eigenvalue weighted by atomic mass is 14.9. The molecule has 0 unspecified atom stereocenters. The Hall–Kier alpha value is -1.70. The van der Waals surface area contributed by atoms with Crippen molar-refractivity contribution < 1.29 is 0 Å². The van der Waals surface area contributed by atoms with E-state index in [0.717, 1.165) is 17.8 Å². The second-order valence-corrected chi connectivity index (χ2v) is 3.32. The highest BCUT2D eigenvalue weighted by Crippen LogP contribution is 2.26. The lowest BCUT2D eigenvalue weighted by molar-refractivity contribution is 0.770. The van der Waals surface area contributed by atoms with Crippen molar-refractivity contribution in [3.05, 3.63) is 42.7 Å². The Bertz CT molecular complexity index is 415. The van der Waals surface area contributed by atoms with Crippen LogP contribution in [0.25, 0.3) is 11.1 Å². The van der Waals surface area contributed by atoms with Gasteiger partial charge in [-0.2, -0.15) is 0 Å². The SMILES string of the molecule is CCn1cc(N)c(-c2ccccc2)c1. The number of nitrogens with two attached hydrogens (primary N) is 1. The van der Waals surface area contributed by atoms with E-state index in [1.54, 1.807) is 0 Å². The molecule has 2 aromatic rings. The lowest BCUT2D eigenvalue weighted by Gasteiger charge is -1.98. The zero-order chi connectivity index (χ0) is 9.97. The maximum Gasteiger partial charge on any atom is 0.0573 e. The molecule has 72 valence electrons. The van der Waals surface area contributed by atoms with Crippen molar-refractivity contribution in [2.75, 3.05) is 5.73 Å². The van der Waals surface area contributed by atoms with E-state index in [4.69, 9.17) is 5.73 Å². The summed E-state index contributed by atoms with van der Waals surface area (Å²) in [4.78, 5) is 0. The Balaban J connectivity index is 2.46. The Morgan fingerprint density at radius 1 is 1.14 bits per heavy atom. The minimum Gasteiger partial charge on any atom is -0.397 e. The van der Waals surface area contributed by atoms with Crippen molar-refractivity contribution in [1.82, 2.24) is 4.57 Å². The molecule has 0 aliphatic heterocycles. The smallest absolute Gasteiger partial charge is 0.0573 e. The summed E-state index contributed by atoms with van der Waals surface area (Å²) in [5, 5.41) is 0. The van der Waals surface area contributed by atoms with Crippen LogP contribution in [-0.2, 0) is 6.54 Å². The summed E-state index contributed by atoms with van der Waals surface area (Å²) >= 11 is 0. The van der Waals surface area contributed by atoms with Crippen LogP contribution >= 0.6 is 0 Å². The van der Waals surface area contributed by atoms with Crippen molar-refractivity contribution in [1.29, 1.82) is 0 Å². The molecule has 1 heterocycles. The molecule has 0 amide bonds. The average molecular weight is 186 g/mol. The second kappa shape index (κ2) is 3.58. The van der Waals surface area contributed by atoms with Crippen LogP contribution in [-0.4, -0.2) is 4.57 Å². The van der Waals surface area contributed by atoms with Gasteiger partial charge in [0, 0.05) is 24.5 Å². The van der Waals surface area contributed by atoms with E-state index in [0.29, 0.717) is 0 Å². The molecule has 0 saturated heterocycles. The van der Waals surface area contributed by atoms with Crippen molar-refractivity contribution in [3.63, 3.8) is 0 Å². The van der Waals surface area contributed by atoms with Crippen molar-refractivity contribution >= 4 is 5.69 Å². The highest BCUT2D eigenvalue weighted by molar-refractivity contribution is 5.75. The topological polar surface area (TPSA) is 30.9 Å². The zero-order valence-electron chi connectivity index (χ0n) is 8.27. The van der Waals surface area contributed by atoms with Crippen molar-refractivity contribution in [2.45, 2.75) is 13.5 Å². The van der Waals surface area contributed by atoms with Gasteiger partial charge < -0.3 is 10.3 Å². The van der Waals surface area contributed by atoms with Gasteiger partial charge in [-0.25, -0.2) is 0 Å². The predicted octanol–water partition coefficient (Wildman–Crippen LogP) is 2.76. The third kappa shape index (κ3) is 1.51. The standard InChI is InChI=1S/C12H14N2/c1-2-14-8-11(12(13)9-14)10-6-4-3-5-7-10/h3-9H,2,13H2,1H3. The van der Waals surface area contributed by atoms with E-state index >= 15 is 0 Å². The predicted molar refractivity (Wildman–Crippen MR) is 60.0 cm³/mol. The molecule has 0 spiro atoms. The number of anilines is 1. The third-order valence-electron chi connectivity index (χ3n) is 2.36. The molecule has 0 fully saturated rings. The minimum atomic E-state index is 0.845. The Kier molecular flexibility index (Phi) is 2.27. The van der Waals surface area contributed by atoms with Gasteiger partial charge in [0.2, 0.25) is 0 Å². The molecule has 2 rings (SSSR count). The summed E-state index contributed by atoms with van der Waals surface area (Å²) in [6, 6.07) is 10.2. The van der Waals surface area contributed by atoms with E-state index in [2.05, 4.69) is 29.8 Å². The quantitative estimate of drug-likeness (QED) is 0.768. The van der Waals surface area contributed by atoms with Crippen LogP contribution < -0.4 is 5.73 Å². The van der Waals surface area contributed by atoms with Gasteiger partial charge in [0.1, 0.15) is 0 Å². The zero-order valence-corrected chi connectivity index (χ0v) is 8.27. The number of hydrogen-bond donors (Lipinski definition) is 1. The molecule has 2 heteroatoms. The molecule has 0 aliphatic carbocycles.